The van der Waals surface area contributed by atoms with Gasteiger partial charge in [-0.3, -0.25) is 4.98 Å². The Hall–Kier alpha value is -3.29. The van der Waals surface area contributed by atoms with E-state index in [4.69, 9.17) is 21.1 Å². The summed E-state index contributed by atoms with van der Waals surface area (Å²) in [4.78, 5) is 22.2. The van der Waals surface area contributed by atoms with Crippen molar-refractivity contribution in [2.75, 3.05) is 45.6 Å². The van der Waals surface area contributed by atoms with Crippen LogP contribution in [0, 0.1) is 0 Å². The Balaban J connectivity index is 0.000000207. The predicted molar refractivity (Wildman–Crippen MR) is 165 cm³/mol. The van der Waals surface area contributed by atoms with Gasteiger partial charge >= 0.3 is 6.09 Å². The molecule has 0 spiro atoms. The van der Waals surface area contributed by atoms with E-state index in [1.165, 1.54) is 0 Å². The third-order valence-corrected chi connectivity index (χ3v) is 8.48. The van der Waals surface area contributed by atoms with Crippen molar-refractivity contribution in [3.8, 4) is 0 Å². The lowest BCUT2D eigenvalue weighted by Gasteiger charge is -2.30. The van der Waals surface area contributed by atoms with Crippen LogP contribution in [0.25, 0.3) is 11.6 Å². The van der Waals surface area contributed by atoms with Crippen molar-refractivity contribution in [1.29, 1.82) is 0 Å². The molecule has 0 saturated carbocycles. The van der Waals surface area contributed by atoms with Crippen LogP contribution in [0.3, 0.4) is 0 Å². The molecule has 2 saturated heterocycles. The number of nitrogens with zero attached hydrogens (tertiary/aromatic N) is 4. The van der Waals surface area contributed by atoms with Crippen LogP contribution in [0.5, 0.6) is 0 Å². The fourth-order valence-electron chi connectivity index (χ4n) is 5.37. The fourth-order valence-corrected chi connectivity index (χ4v) is 6.21. The molecule has 2 N–H and O–H groups in total. The molecule has 1 atom stereocenters. The quantitative estimate of drug-likeness (QED) is 0.440. The molecule has 2 fully saturated rings. The third-order valence-electron chi connectivity index (χ3n) is 7.58. The van der Waals surface area contributed by atoms with Crippen LogP contribution in [0.1, 0.15) is 47.0 Å². The van der Waals surface area contributed by atoms with E-state index in [0.717, 1.165) is 78.9 Å². The Morgan fingerprint density at radius 3 is 2.67 bits per heavy atom. The summed E-state index contributed by atoms with van der Waals surface area (Å²) >= 11 is 6.30. The normalized spacial score (nSPS) is 17.8. The van der Waals surface area contributed by atoms with E-state index in [-0.39, 0.29) is 12.2 Å². The number of rotatable bonds is 5. The number of hydrogen-bond acceptors (Lipinski definition) is 8. The van der Waals surface area contributed by atoms with Crippen molar-refractivity contribution in [2.24, 2.45) is 7.05 Å². The van der Waals surface area contributed by atoms with Gasteiger partial charge in [-0.1, -0.05) is 23.7 Å². The third kappa shape index (κ3) is 8.21. The molecule has 1 aliphatic carbocycles. The number of carbonyl (C=O) groups excluding carboxylic acids is 1. The highest BCUT2D eigenvalue weighted by atomic mass is 35.5. The second kappa shape index (κ2) is 14.0. The van der Waals surface area contributed by atoms with Gasteiger partial charge in [-0.15, -0.1) is 0 Å². The standard InChI is InChI=1S/C20H19ClN4O2S.C10H18N2O3/c1-25-12-22-11-19(25)20(24-28(2,26)27)17-8-14-4-3-7-23-18(14)9-13-5-6-15(21)10-16(13)17;13-10(12-5-3-11-4-6-12)15-9-1-7-14-8-2-9/h3-8,10-12,20,24H,9H2,1-2H3;9,11H,1-8H2. The minimum absolute atomic E-state index is 0.0566. The van der Waals surface area contributed by atoms with Crippen molar-refractivity contribution in [2.45, 2.75) is 31.4 Å². The van der Waals surface area contributed by atoms with Crippen LogP contribution >= 0.6 is 11.6 Å². The summed E-state index contributed by atoms with van der Waals surface area (Å²) in [7, 11) is -1.66. The van der Waals surface area contributed by atoms with E-state index in [0.29, 0.717) is 24.7 Å². The number of aromatic nitrogens is 3. The number of hydrogen-bond donors (Lipinski definition) is 2. The van der Waals surface area contributed by atoms with Crippen molar-refractivity contribution in [3.05, 3.63) is 82.2 Å². The number of fused-ring (bicyclic) bond motifs is 2. The molecule has 2 aromatic heterocycles. The minimum Gasteiger partial charge on any atom is -0.446 e. The lowest BCUT2D eigenvalue weighted by atomic mass is 9.92. The van der Waals surface area contributed by atoms with E-state index in [9.17, 15) is 13.2 Å². The maximum absolute atomic E-state index is 12.2. The van der Waals surface area contributed by atoms with Gasteiger partial charge in [0.25, 0.3) is 0 Å². The second-order valence-corrected chi connectivity index (χ2v) is 13.0. The largest absolute Gasteiger partial charge is 0.446 e. The van der Waals surface area contributed by atoms with Crippen LogP contribution < -0.4 is 10.0 Å². The first kappa shape index (κ1) is 31.1. The number of piperazine rings is 1. The van der Waals surface area contributed by atoms with Gasteiger partial charge in [-0.2, -0.15) is 0 Å². The highest BCUT2D eigenvalue weighted by Crippen LogP contribution is 2.38. The zero-order valence-electron chi connectivity index (χ0n) is 24.3. The summed E-state index contributed by atoms with van der Waals surface area (Å²) in [5.41, 5.74) is 5.35. The molecule has 3 aromatic rings. The van der Waals surface area contributed by atoms with E-state index >= 15 is 0 Å². The first-order valence-electron chi connectivity index (χ1n) is 14.3. The minimum atomic E-state index is -3.50. The maximum Gasteiger partial charge on any atom is 0.410 e. The van der Waals surface area contributed by atoms with Gasteiger partial charge in [0.15, 0.2) is 0 Å². The number of amides is 1. The molecule has 2 aliphatic heterocycles. The average molecular weight is 629 g/mol. The Morgan fingerprint density at radius 1 is 1.21 bits per heavy atom. The highest BCUT2D eigenvalue weighted by molar-refractivity contribution is 7.88. The van der Waals surface area contributed by atoms with Crippen LogP contribution in [-0.2, 0) is 33.0 Å². The van der Waals surface area contributed by atoms with Gasteiger partial charge in [0.2, 0.25) is 10.0 Å². The zero-order valence-corrected chi connectivity index (χ0v) is 25.9. The molecule has 43 heavy (non-hydrogen) atoms. The van der Waals surface area contributed by atoms with E-state index in [2.05, 4.69) is 20.0 Å². The number of aryl methyl sites for hydroxylation is 1. The van der Waals surface area contributed by atoms with Crippen LogP contribution in [0.2, 0.25) is 5.02 Å². The van der Waals surface area contributed by atoms with Gasteiger partial charge in [0, 0.05) is 63.7 Å². The molecular weight excluding hydrogens is 592 g/mol. The molecule has 1 amide bonds. The average Bonchev–Trinajstić information content (AvgIpc) is 3.35. The number of imidazole rings is 1. The highest BCUT2D eigenvalue weighted by Gasteiger charge is 2.28. The number of benzene rings is 1. The van der Waals surface area contributed by atoms with Gasteiger partial charge in [0.1, 0.15) is 6.10 Å². The predicted octanol–water partition coefficient (Wildman–Crippen LogP) is 3.41. The van der Waals surface area contributed by atoms with Crippen molar-refractivity contribution in [1.82, 2.24) is 29.5 Å². The molecule has 13 heteroatoms. The molecule has 230 valence electrons. The summed E-state index contributed by atoms with van der Waals surface area (Å²) in [5.74, 6) is 0. The maximum atomic E-state index is 12.2. The molecule has 3 aliphatic rings. The molecule has 1 unspecified atom stereocenters. The van der Waals surface area contributed by atoms with E-state index < -0.39 is 16.1 Å². The number of halogens is 1. The van der Waals surface area contributed by atoms with Crippen LogP contribution in [0.4, 0.5) is 4.79 Å². The molecule has 4 heterocycles. The monoisotopic (exact) mass is 628 g/mol. The second-order valence-electron chi connectivity index (χ2n) is 10.8. The van der Waals surface area contributed by atoms with Gasteiger partial charge in [-0.05, 0) is 46.5 Å². The number of nitrogens with one attached hydrogen (secondary N) is 2. The van der Waals surface area contributed by atoms with Crippen molar-refractivity contribution < 1.29 is 22.7 Å². The van der Waals surface area contributed by atoms with Crippen molar-refractivity contribution in [3.63, 3.8) is 0 Å². The first-order chi connectivity index (χ1) is 20.7. The van der Waals surface area contributed by atoms with Crippen LogP contribution in [0.15, 0.2) is 49.1 Å². The summed E-state index contributed by atoms with van der Waals surface area (Å²) in [6, 6.07) is 8.92. The molecule has 0 radical (unpaired) electrons. The Morgan fingerprint density at radius 2 is 1.98 bits per heavy atom. The number of carbonyl (C=O) groups is 1. The Bertz CT molecular complexity index is 1560. The molecule has 6 rings (SSSR count). The van der Waals surface area contributed by atoms with Crippen LogP contribution in [-0.4, -0.2) is 85.7 Å². The topological polar surface area (TPSA) is 128 Å². The number of ether oxygens (including phenoxy) is 2. The van der Waals surface area contributed by atoms with Crippen molar-refractivity contribution >= 4 is 39.4 Å². The Labute approximate surface area is 257 Å². The molecule has 1 aromatic carbocycles. The zero-order chi connectivity index (χ0) is 30.4. The summed E-state index contributed by atoms with van der Waals surface area (Å²) in [6.45, 7) is 4.65. The summed E-state index contributed by atoms with van der Waals surface area (Å²) in [5, 5.41) is 3.79. The summed E-state index contributed by atoms with van der Waals surface area (Å²) in [6.07, 6.45) is 10.4. The van der Waals surface area contributed by atoms with Gasteiger partial charge < -0.3 is 24.3 Å². The van der Waals surface area contributed by atoms with Gasteiger partial charge in [0.05, 0.1) is 49.4 Å². The number of pyridine rings is 1. The SMILES string of the molecule is Cn1cncc1C(NS(C)(=O)=O)C1=Cc2cccnc2Cc2ccc(Cl)cc21.O=C(OC1CCOCC1)N1CCNCC1. The van der Waals surface area contributed by atoms with E-state index in [1.54, 1.807) is 23.6 Å². The van der Waals surface area contributed by atoms with E-state index in [1.807, 2.05) is 48.0 Å². The van der Waals surface area contributed by atoms with Gasteiger partial charge in [-0.25, -0.2) is 22.9 Å². The summed E-state index contributed by atoms with van der Waals surface area (Å²) < 4.78 is 39.6. The molecule has 0 bridgehead atoms. The molecular formula is C30H37ClN6O5S. The lowest BCUT2D eigenvalue weighted by Crippen LogP contribution is -2.47. The number of sulfonamides is 1. The Kier molecular flexibility index (Phi) is 10.1. The first-order valence-corrected chi connectivity index (χ1v) is 16.6. The fraction of sp³-hybridized carbons (Fsp3) is 0.433. The molecule has 11 nitrogen and oxygen atoms in total. The lowest BCUT2D eigenvalue weighted by molar-refractivity contribution is -0.0111. The smallest absolute Gasteiger partial charge is 0.410 e.